The Morgan fingerprint density at radius 3 is 1.98 bits per heavy atom. The highest BCUT2D eigenvalue weighted by Gasteiger charge is 2.30. The molecule has 0 radical (unpaired) electrons. The van der Waals surface area contributed by atoms with Gasteiger partial charge in [0.15, 0.2) is 0 Å². The SMILES string of the molecule is COc1ccccc1N1CCN(C(=O)CN(c2ccc(Oc3ccccc3)cc2)S(=O)(=O)c2ccccc2)CC1. The highest BCUT2D eigenvalue weighted by Crippen LogP contribution is 2.30. The quantitative estimate of drug-likeness (QED) is 0.287. The van der Waals surface area contributed by atoms with Crippen molar-refractivity contribution < 1.29 is 22.7 Å². The molecular weight excluding hydrogens is 526 g/mol. The topological polar surface area (TPSA) is 79.4 Å². The Morgan fingerprint density at radius 2 is 1.32 bits per heavy atom. The van der Waals surface area contributed by atoms with Crippen LogP contribution in [0, 0.1) is 0 Å². The number of hydrogen-bond donors (Lipinski definition) is 0. The lowest BCUT2D eigenvalue weighted by molar-refractivity contribution is -0.129. The first-order valence-electron chi connectivity index (χ1n) is 13.0. The summed E-state index contributed by atoms with van der Waals surface area (Å²) in [5, 5.41) is 0. The molecule has 1 aliphatic rings. The highest BCUT2D eigenvalue weighted by molar-refractivity contribution is 7.92. The van der Waals surface area contributed by atoms with Crippen molar-refractivity contribution in [3.63, 3.8) is 0 Å². The van der Waals surface area contributed by atoms with Gasteiger partial charge >= 0.3 is 0 Å². The Kier molecular flexibility index (Phi) is 8.21. The zero-order valence-electron chi connectivity index (χ0n) is 22.2. The average molecular weight is 558 g/mol. The number of hydrogen-bond acceptors (Lipinski definition) is 6. The fraction of sp³-hybridized carbons (Fsp3) is 0.194. The lowest BCUT2D eigenvalue weighted by atomic mass is 10.2. The molecule has 4 aromatic rings. The summed E-state index contributed by atoms with van der Waals surface area (Å²) in [5.74, 6) is 1.75. The number of piperazine rings is 1. The summed E-state index contributed by atoms with van der Waals surface area (Å²) in [6.07, 6.45) is 0. The second-order valence-electron chi connectivity index (χ2n) is 9.27. The first-order valence-corrected chi connectivity index (χ1v) is 14.5. The second kappa shape index (κ2) is 12.1. The van der Waals surface area contributed by atoms with Gasteiger partial charge in [-0.2, -0.15) is 0 Å². The number of methoxy groups -OCH3 is 1. The molecule has 1 fully saturated rings. The van der Waals surface area contributed by atoms with Gasteiger partial charge in [-0.05, 0) is 60.7 Å². The number of rotatable bonds is 9. The molecule has 1 amide bonds. The minimum Gasteiger partial charge on any atom is -0.495 e. The molecule has 0 spiro atoms. The van der Waals surface area contributed by atoms with Gasteiger partial charge in [-0.25, -0.2) is 8.42 Å². The number of carbonyl (C=O) groups is 1. The molecule has 1 aliphatic heterocycles. The molecule has 0 atom stereocenters. The first-order chi connectivity index (χ1) is 19.5. The number of ether oxygens (including phenoxy) is 2. The fourth-order valence-corrected chi connectivity index (χ4v) is 6.09. The predicted molar refractivity (Wildman–Crippen MR) is 156 cm³/mol. The Bertz CT molecular complexity index is 1520. The lowest BCUT2D eigenvalue weighted by Gasteiger charge is -2.37. The third-order valence-electron chi connectivity index (χ3n) is 6.77. The maximum Gasteiger partial charge on any atom is 0.264 e. The van der Waals surface area contributed by atoms with Crippen LogP contribution in [0.1, 0.15) is 0 Å². The van der Waals surface area contributed by atoms with Crippen LogP contribution in [0.4, 0.5) is 11.4 Å². The maximum absolute atomic E-state index is 13.7. The van der Waals surface area contributed by atoms with Crippen LogP contribution in [0.5, 0.6) is 17.2 Å². The van der Waals surface area contributed by atoms with E-state index in [2.05, 4.69) is 4.90 Å². The summed E-state index contributed by atoms with van der Waals surface area (Å²) in [7, 11) is -2.36. The molecule has 0 N–H and O–H groups in total. The molecule has 0 aliphatic carbocycles. The molecule has 0 saturated carbocycles. The minimum absolute atomic E-state index is 0.119. The molecule has 4 aromatic carbocycles. The van der Waals surface area contributed by atoms with Crippen molar-refractivity contribution in [2.45, 2.75) is 4.90 Å². The van der Waals surface area contributed by atoms with E-state index in [-0.39, 0.29) is 17.3 Å². The van der Waals surface area contributed by atoms with Gasteiger partial charge in [-0.1, -0.05) is 48.5 Å². The summed E-state index contributed by atoms with van der Waals surface area (Å²) in [5.41, 5.74) is 1.36. The van der Waals surface area contributed by atoms with Gasteiger partial charge in [0.05, 0.1) is 23.4 Å². The fourth-order valence-electron chi connectivity index (χ4n) is 4.65. The molecule has 0 unspecified atom stereocenters. The highest BCUT2D eigenvalue weighted by atomic mass is 32.2. The van der Waals surface area contributed by atoms with E-state index in [9.17, 15) is 13.2 Å². The van der Waals surface area contributed by atoms with Crippen molar-refractivity contribution in [3.8, 4) is 17.2 Å². The maximum atomic E-state index is 13.7. The van der Waals surface area contributed by atoms with Gasteiger partial charge in [0.25, 0.3) is 10.0 Å². The van der Waals surface area contributed by atoms with E-state index in [0.29, 0.717) is 43.4 Å². The molecule has 0 aromatic heterocycles. The number of carbonyl (C=O) groups excluding carboxylic acids is 1. The second-order valence-corrected chi connectivity index (χ2v) is 11.1. The van der Waals surface area contributed by atoms with Gasteiger partial charge in [-0.3, -0.25) is 9.10 Å². The normalized spacial score (nSPS) is 13.5. The number of anilines is 2. The van der Waals surface area contributed by atoms with Crippen molar-refractivity contribution in [2.24, 2.45) is 0 Å². The van der Waals surface area contributed by atoms with Crippen LogP contribution in [-0.4, -0.2) is 59.1 Å². The van der Waals surface area contributed by atoms with Crippen LogP contribution >= 0.6 is 0 Å². The molecule has 206 valence electrons. The van der Waals surface area contributed by atoms with Crippen LogP contribution in [-0.2, 0) is 14.8 Å². The number of sulfonamides is 1. The minimum atomic E-state index is -4.00. The smallest absolute Gasteiger partial charge is 0.264 e. The van der Waals surface area contributed by atoms with E-state index in [1.165, 1.54) is 16.4 Å². The summed E-state index contributed by atoms with van der Waals surface area (Å²) >= 11 is 0. The van der Waals surface area contributed by atoms with Gasteiger partial charge in [0, 0.05) is 26.2 Å². The Morgan fingerprint density at radius 1 is 0.750 bits per heavy atom. The predicted octanol–water partition coefficient (Wildman–Crippen LogP) is 5.03. The van der Waals surface area contributed by atoms with Gasteiger partial charge in [0.2, 0.25) is 5.91 Å². The van der Waals surface area contributed by atoms with Crippen molar-refractivity contribution >= 4 is 27.3 Å². The largest absolute Gasteiger partial charge is 0.495 e. The van der Waals surface area contributed by atoms with Gasteiger partial charge in [-0.15, -0.1) is 0 Å². The van der Waals surface area contributed by atoms with Crippen LogP contribution < -0.4 is 18.7 Å². The van der Waals surface area contributed by atoms with Crippen molar-refractivity contribution in [1.29, 1.82) is 0 Å². The molecular formula is C31H31N3O5S. The summed E-state index contributed by atoms with van der Waals surface area (Å²) in [6.45, 7) is 1.86. The van der Waals surface area contributed by atoms with Gasteiger partial charge in [0.1, 0.15) is 23.8 Å². The molecule has 9 heteroatoms. The monoisotopic (exact) mass is 557 g/mol. The third-order valence-corrected chi connectivity index (χ3v) is 8.56. The van der Waals surface area contributed by atoms with Crippen molar-refractivity contribution in [1.82, 2.24) is 4.90 Å². The van der Waals surface area contributed by atoms with Gasteiger partial charge < -0.3 is 19.3 Å². The summed E-state index contributed by atoms with van der Waals surface area (Å²) < 4.78 is 40.0. The molecule has 0 bridgehead atoms. The summed E-state index contributed by atoms with van der Waals surface area (Å²) in [4.78, 5) is 17.5. The van der Waals surface area contributed by atoms with Crippen LogP contribution in [0.2, 0.25) is 0 Å². The molecule has 40 heavy (non-hydrogen) atoms. The van der Waals surface area contributed by atoms with E-state index in [4.69, 9.17) is 9.47 Å². The third kappa shape index (κ3) is 6.05. The van der Waals surface area contributed by atoms with E-state index in [1.807, 2.05) is 54.6 Å². The number of nitrogens with zero attached hydrogens (tertiary/aromatic N) is 3. The molecule has 8 nitrogen and oxygen atoms in total. The van der Waals surface area contributed by atoms with Crippen LogP contribution in [0.15, 0.2) is 114 Å². The Labute approximate surface area is 235 Å². The molecule has 1 saturated heterocycles. The zero-order valence-corrected chi connectivity index (χ0v) is 23.0. The van der Waals surface area contributed by atoms with Crippen molar-refractivity contribution in [2.75, 3.05) is 49.0 Å². The average Bonchev–Trinajstić information content (AvgIpc) is 3.01. The molecule has 1 heterocycles. The number of benzene rings is 4. The van der Waals surface area contributed by atoms with E-state index < -0.39 is 10.0 Å². The van der Waals surface area contributed by atoms with Crippen LogP contribution in [0.25, 0.3) is 0 Å². The number of para-hydroxylation sites is 3. The van der Waals surface area contributed by atoms with E-state index in [1.54, 1.807) is 54.5 Å². The molecule has 5 rings (SSSR count). The Balaban J connectivity index is 1.34. The zero-order chi connectivity index (χ0) is 28.0. The Hall–Kier alpha value is -4.50. The van der Waals surface area contributed by atoms with E-state index in [0.717, 1.165) is 11.4 Å². The lowest BCUT2D eigenvalue weighted by Crippen LogP contribution is -2.52. The van der Waals surface area contributed by atoms with Crippen molar-refractivity contribution in [3.05, 3.63) is 109 Å². The van der Waals surface area contributed by atoms with E-state index >= 15 is 0 Å². The standard InChI is InChI=1S/C31H31N3O5S/c1-38-30-15-9-8-14-29(30)32-20-22-33(23-21-32)31(35)24-34(40(36,37)28-12-6-3-7-13-28)25-16-18-27(19-17-25)39-26-10-4-2-5-11-26/h2-19H,20-24H2,1H3. The van der Waals surface area contributed by atoms with Crippen LogP contribution in [0.3, 0.4) is 0 Å². The first kappa shape index (κ1) is 27.1. The summed E-state index contributed by atoms with van der Waals surface area (Å²) in [6, 6.07) is 32.0. The number of amides is 1.